The van der Waals surface area contributed by atoms with Crippen LogP contribution in [0, 0.1) is 0 Å². The summed E-state index contributed by atoms with van der Waals surface area (Å²) < 4.78 is 5.51. The van der Waals surface area contributed by atoms with Crippen LogP contribution in [0.15, 0.2) is 66.7 Å². The molecule has 0 aliphatic carbocycles. The van der Waals surface area contributed by atoms with Gasteiger partial charge in [-0.2, -0.15) is 0 Å². The van der Waals surface area contributed by atoms with Gasteiger partial charge in [0.25, 0.3) is 0 Å². The van der Waals surface area contributed by atoms with E-state index >= 15 is 0 Å². The van der Waals surface area contributed by atoms with Gasteiger partial charge in [0.05, 0.1) is 19.3 Å². The van der Waals surface area contributed by atoms with E-state index in [9.17, 15) is 9.90 Å². The van der Waals surface area contributed by atoms with E-state index in [0.717, 1.165) is 24.2 Å². The molecule has 0 unspecified atom stereocenters. The van der Waals surface area contributed by atoms with Crippen molar-refractivity contribution in [2.45, 2.75) is 18.1 Å². The quantitative estimate of drug-likeness (QED) is 0.813. The van der Waals surface area contributed by atoms with E-state index in [1.54, 1.807) is 6.08 Å². The Morgan fingerprint density at radius 1 is 1.00 bits per heavy atom. The summed E-state index contributed by atoms with van der Waals surface area (Å²) in [7, 11) is 0. The summed E-state index contributed by atoms with van der Waals surface area (Å²) >= 11 is 0. The number of benzene rings is 2. The summed E-state index contributed by atoms with van der Waals surface area (Å²) in [5.74, 6) is -0.0118. The summed E-state index contributed by atoms with van der Waals surface area (Å²) in [6, 6.07) is 19.5. The molecule has 4 rings (SSSR count). The second-order valence-corrected chi connectivity index (χ2v) is 7.73. The molecule has 5 nitrogen and oxygen atoms in total. The van der Waals surface area contributed by atoms with Crippen LogP contribution < -0.4 is 0 Å². The molecule has 5 heteroatoms. The van der Waals surface area contributed by atoms with Gasteiger partial charge in [0.2, 0.25) is 5.91 Å². The first kappa shape index (κ1) is 19.8. The summed E-state index contributed by atoms with van der Waals surface area (Å²) in [6.07, 6.45) is 4.01. The molecular formula is C24H28N2O3. The van der Waals surface area contributed by atoms with E-state index in [-0.39, 0.29) is 11.9 Å². The number of ether oxygens (including phenoxy) is 1. The smallest absolute Gasteiger partial charge is 0.246 e. The van der Waals surface area contributed by atoms with E-state index in [1.807, 2.05) is 71.6 Å². The van der Waals surface area contributed by atoms with Gasteiger partial charge in [-0.25, -0.2) is 0 Å². The predicted octanol–water partition coefficient (Wildman–Crippen LogP) is 2.52. The number of piperidine rings is 1. The zero-order valence-electron chi connectivity index (χ0n) is 16.6. The molecule has 2 atom stereocenters. The van der Waals surface area contributed by atoms with E-state index in [4.69, 9.17) is 4.74 Å². The number of carbonyl (C=O) groups excluding carboxylic acids is 1. The molecule has 2 aromatic rings. The molecule has 1 amide bonds. The molecule has 0 aromatic heterocycles. The molecule has 2 aliphatic heterocycles. The third kappa shape index (κ3) is 4.42. The molecule has 0 bridgehead atoms. The van der Waals surface area contributed by atoms with Crippen molar-refractivity contribution >= 4 is 12.0 Å². The monoisotopic (exact) mass is 392 g/mol. The zero-order valence-corrected chi connectivity index (χ0v) is 16.6. The Hall–Kier alpha value is -2.47. The van der Waals surface area contributed by atoms with Gasteiger partial charge < -0.3 is 14.7 Å². The molecule has 0 radical (unpaired) electrons. The highest BCUT2D eigenvalue weighted by Crippen LogP contribution is 2.36. The maximum atomic E-state index is 12.9. The zero-order chi connectivity index (χ0) is 20.1. The van der Waals surface area contributed by atoms with Gasteiger partial charge in [-0.3, -0.25) is 9.69 Å². The SMILES string of the molecule is O=C(/C=C/c1ccccc1)N1CC[C@](O)(c2ccccc2)[C@H](N2CCOCC2)C1. The number of hydrogen-bond donors (Lipinski definition) is 1. The molecule has 2 saturated heterocycles. The third-order valence-electron chi connectivity index (χ3n) is 6.00. The average molecular weight is 392 g/mol. The average Bonchev–Trinajstić information content (AvgIpc) is 2.79. The number of carbonyl (C=O) groups is 1. The van der Waals surface area contributed by atoms with Crippen LogP contribution in [0.1, 0.15) is 17.5 Å². The van der Waals surface area contributed by atoms with Gasteiger partial charge >= 0.3 is 0 Å². The van der Waals surface area contributed by atoms with Crippen molar-refractivity contribution in [2.24, 2.45) is 0 Å². The van der Waals surface area contributed by atoms with Crippen molar-refractivity contribution in [3.05, 3.63) is 77.9 Å². The van der Waals surface area contributed by atoms with E-state index in [2.05, 4.69) is 4.90 Å². The van der Waals surface area contributed by atoms with Gasteiger partial charge in [0.15, 0.2) is 0 Å². The maximum absolute atomic E-state index is 12.9. The second kappa shape index (κ2) is 8.91. The first-order chi connectivity index (χ1) is 14.2. The number of rotatable bonds is 4. The maximum Gasteiger partial charge on any atom is 0.246 e. The minimum Gasteiger partial charge on any atom is -0.383 e. The van der Waals surface area contributed by atoms with E-state index < -0.39 is 5.60 Å². The van der Waals surface area contributed by atoms with Crippen LogP contribution in [-0.2, 0) is 15.1 Å². The highest BCUT2D eigenvalue weighted by molar-refractivity contribution is 5.91. The minimum absolute atomic E-state index is 0.0118. The molecule has 0 spiro atoms. The Morgan fingerprint density at radius 2 is 1.66 bits per heavy atom. The standard InChI is InChI=1S/C24H28N2O3/c27-23(12-11-20-7-3-1-4-8-20)26-14-13-24(28,21-9-5-2-6-10-21)22(19-26)25-15-17-29-18-16-25/h1-12,22,28H,13-19H2/b12-11+/t22-,24+/m1/s1. The lowest BCUT2D eigenvalue weighted by molar-refractivity contribution is -0.143. The van der Waals surface area contributed by atoms with Crippen molar-refractivity contribution in [2.75, 3.05) is 39.4 Å². The molecule has 152 valence electrons. The van der Waals surface area contributed by atoms with Gasteiger partial charge in [0.1, 0.15) is 5.60 Å². The molecule has 29 heavy (non-hydrogen) atoms. The molecule has 2 aromatic carbocycles. The third-order valence-corrected chi connectivity index (χ3v) is 6.00. The van der Waals surface area contributed by atoms with Crippen LogP contribution in [0.5, 0.6) is 0 Å². The van der Waals surface area contributed by atoms with E-state index in [0.29, 0.717) is 32.7 Å². The summed E-state index contributed by atoms with van der Waals surface area (Å²) in [6.45, 7) is 3.88. The lowest BCUT2D eigenvalue weighted by Gasteiger charge is -2.50. The Morgan fingerprint density at radius 3 is 2.34 bits per heavy atom. The van der Waals surface area contributed by atoms with Crippen LogP contribution in [0.2, 0.25) is 0 Å². The second-order valence-electron chi connectivity index (χ2n) is 7.73. The number of aliphatic hydroxyl groups is 1. The minimum atomic E-state index is -0.974. The van der Waals surface area contributed by atoms with Crippen LogP contribution in [-0.4, -0.2) is 66.2 Å². The first-order valence-corrected chi connectivity index (χ1v) is 10.3. The van der Waals surface area contributed by atoms with Gasteiger partial charge in [-0.15, -0.1) is 0 Å². The van der Waals surface area contributed by atoms with Gasteiger partial charge in [-0.05, 0) is 23.6 Å². The number of hydrogen-bond acceptors (Lipinski definition) is 4. The normalized spacial score (nSPS) is 26.0. The summed E-state index contributed by atoms with van der Waals surface area (Å²) in [5, 5.41) is 11.7. The Kier molecular flexibility index (Phi) is 6.09. The fraction of sp³-hybridized carbons (Fsp3) is 0.375. The van der Waals surface area contributed by atoms with Crippen molar-refractivity contribution in [3.63, 3.8) is 0 Å². The largest absolute Gasteiger partial charge is 0.383 e. The molecule has 1 N–H and O–H groups in total. The van der Waals surface area contributed by atoms with E-state index in [1.165, 1.54) is 0 Å². The molecule has 0 saturated carbocycles. The highest BCUT2D eigenvalue weighted by atomic mass is 16.5. The predicted molar refractivity (Wildman–Crippen MR) is 113 cm³/mol. The number of amides is 1. The Balaban J connectivity index is 1.54. The number of likely N-dealkylation sites (tertiary alicyclic amines) is 1. The van der Waals surface area contributed by atoms with Crippen molar-refractivity contribution in [3.8, 4) is 0 Å². The fourth-order valence-corrected chi connectivity index (χ4v) is 4.33. The Labute approximate surface area is 172 Å². The van der Waals surface area contributed by atoms with Crippen molar-refractivity contribution in [1.82, 2.24) is 9.80 Å². The van der Waals surface area contributed by atoms with Crippen LogP contribution in [0.25, 0.3) is 6.08 Å². The van der Waals surface area contributed by atoms with Crippen molar-refractivity contribution < 1.29 is 14.6 Å². The molecule has 2 aliphatic rings. The molecule has 2 fully saturated rings. The number of morpholine rings is 1. The lowest BCUT2D eigenvalue weighted by atomic mass is 9.79. The van der Waals surface area contributed by atoms with Gasteiger partial charge in [0, 0.05) is 32.3 Å². The van der Waals surface area contributed by atoms with Crippen LogP contribution in [0.3, 0.4) is 0 Å². The summed E-state index contributed by atoms with van der Waals surface area (Å²) in [4.78, 5) is 17.0. The van der Waals surface area contributed by atoms with Crippen LogP contribution >= 0.6 is 0 Å². The van der Waals surface area contributed by atoms with Crippen LogP contribution in [0.4, 0.5) is 0 Å². The summed E-state index contributed by atoms with van der Waals surface area (Å²) in [5.41, 5.74) is 0.949. The number of nitrogens with zero attached hydrogens (tertiary/aromatic N) is 2. The highest BCUT2D eigenvalue weighted by Gasteiger charge is 2.46. The molecular weight excluding hydrogens is 364 g/mol. The first-order valence-electron chi connectivity index (χ1n) is 10.3. The topological polar surface area (TPSA) is 53.0 Å². The lowest BCUT2D eigenvalue weighted by Crippen LogP contribution is -2.63. The Bertz CT molecular complexity index is 834. The fourth-order valence-electron chi connectivity index (χ4n) is 4.33. The molecule has 2 heterocycles. The van der Waals surface area contributed by atoms with Crippen molar-refractivity contribution in [1.29, 1.82) is 0 Å². The van der Waals surface area contributed by atoms with Gasteiger partial charge in [-0.1, -0.05) is 60.7 Å².